The van der Waals surface area contributed by atoms with Crippen molar-refractivity contribution in [3.63, 3.8) is 0 Å². The summed E-state index contributed by atoms with van der Waals surface area (Å²) in [5.41, 5.74) is 13.9. The van der Waals surface area contributed by atoms with E-state index in [0.29, 0.717) is 13.0 Å². The van der Waals surface area contributed by atoms with E-state index in [2.05, 4.69) is 63.4 Å². The Hall–Kier alpha value is -3.91. The van der Waals surface area contributed by atoms with Gasteiger partial charge in [0.1, 0.15) is 0 Å². The van der Waals surface area contributed by atoms with E-state index in [-0.39, 0.29) is 11.6 Å². The number of carbonyl (C=O) groups is 2. The SMILES string of the molecule is Cc1cc(C(N)=O)nn1-c1ccc2c(c1)CCN2Cc1ccc(C2=CCN(C(=O)CCCN(C)C)CC2)cc1. The van der Waals surface area contributed by atoms with Crippen molar-refractivity contribution < 1.29 is 9.59 Å². The Morgan fingerprint density at radius 3 is 2.49 bits per heavy atom. The maximum atomic E-state index is 12.5. The van der Waals surface area contributed by atoms with Crippen LogP contribution in [-0.2, 0) is 17.8 Å². The van der Waals surface area contributed by atoms with Gasteiger partial charge in [-0.2, -0.15) is 5.10 Å². The van der Waals surface area contributed by atoms with Crippen LogP contribution in [0.2, 0.25) is 0 Å². The molecule has 3 aromatic rings. The predicted molar refractivity (Wildman–Crippen MR) is 155 cm³/mol. The summed E-state index contributed by atoms with van der Waals surface area (Å²) in [7, 11) is 4.08. The average molecular weight is 527 g/mol. The Morgan fingerprint density at radius 1 is 1.03 bits per heavy atom. The topological polar surface area (TPSA) is 87.7 Å². The molecule has 0 fully saturated rings. The van der Waals surface area contributed by atoms with Crippen LogP contribution in [0, 0.1) is 6.92 Å². The van der Waals surface area contributed by atoms with Crippen molar-refractivity contribution >= 4 is 23.1 Å². The molecule has 0 unspecified atom stereocenters. The van der Waals surface area contributed by atoms with Gasteiger partial charge in [-0.1, -0.05) is 30.3 Å². The summed E-state index contributed by atoms with van der Waals surface area (Å²) in [6.07, 6.45) is 5.62. The first kappa shape index (κ1) is 26.7. The molecular weight excluding hydrogens is 488 g/mol. The lowest BCUT2D eigenvalue weighted by Crippen LogP contribution is -2.34. The predicted octanol–water partition coefficient (Wildman–Crippen LogP) is 3.80. The number of nitrogens with two attached hydrogens (primary N) is 1. The van der Waals surface area contributed by atoms with Crippen molar-refractivity contribution in [3.05, 3.63) is 82.7 Å². The molecule has 2 aliphatic heterocycles. The Bertz CT molecular complexity index is 1390. The molecular formula is C31H38N6O2. The fourth-order valence-electron chi connectivity index (χ4n) is 5.52. The molecule has 2 N–H and O–H groups in total. The third-order valence-corrected chi connectivity index (χ3v) is 7.70. The standard InChI is InChI=1S/C31H38N6O2/c1-22-19-28(31(32)39)33-37(22)27-10-11-29-26(20-27)14-18-36(29)21-23-6-8-24(9-7-23)25-12-16-35(17-13-25)30(38)5-4-15-34(2)3/h6-12,19-20H,4-5,13-18,21H2,1-3H3,(H2,32,39). The van der Waals surface area contributed by atoms with Crippen LogP contribution in [0.4, 0.5) is 5.69 Å². The van der Waals surface area contributed by atoms with E-state index in [1.165, 1.54) is 28.0 Å². The lowest BCUT2D eigenvalue weighted by Gasteiger charge is -2.27. The number of aromatic nitrogens is 2. The number of rotatable bonds is 9. The molecule has 0 aliphatic carbocycles. The Kier molecular flexibility index (Phi) is 7.84. The van der Waals surface area contributed by atoms with Crippen LogP contribution in [0.15, 0.2) is 54.6 Å². The molecule has 0 saturated heterocycles. The van der Waals surface area contributed by atoms with E-state index >= 15 is 0 Å². The third-order valence-electron chi connectivity index (χ3n) is 7.70. The summed E-state index contributed by atoms with van der Waals surface area (Å²) >= 11 is 0. The summed E-state index contributed by atoms with van der Waals surface area (Å²) in [4.78, 5) is 30.5. The van der Waals surface area contributed by atoms with E-state index in [4.69, 9.17) is 5.73 Å². The van der Waals surface area contributed by atoms with E-state index in [9.17, 15) is 9.59 Å². The van der Waals surface area contributed by atoms with Crippen LogP contribution in [0.5, 0.6) is 0 Å². The molecule has 5 rings (SSSR count). The summed E-state index contributed by atoms with van der Waals surface area (Å²) < 4.78 is 1.78. The van der Waals surface area contributed by atoms with Gasteiger partial charge >= 0.3 is 0 Å². The largest absolute Gasteiger partial charge is 0.367 e. The van der Waals surface area contributed by atoms with E-state index < -0.39 is 5.91 Å². The Morgan fingerprint density at radius 2 is 1.82 bits per heavy atom. The Balaban J connectivity index is 1.19. The number of carbonyl (C=O) groups excluding carboxylic acids is 2. The molecule has 2 aromatic carbocycles. The minimum absolute atomic E-state index is 0.260. The van der Waals surface area contributed by atoms with Crippen molar-refractivity contribution in [3.8, 4) is 5.69 Å². The zero-order chi connectivity index (χ0) is 27.5. The highest BCUT2D eigenvalue weighted by Gasteiger charge is 2.21. The number of anilines is 1. The summed E-state index contributed by atoms with van der Waals surface area (Å²) in [6.45, 7) is 6.19. The summed E-state index contributed by atoms with van der Waals surface area (Å²) in [6, 6.07) is 17.0. The van der Waals surface area contributed by atoms with Gasteiger partial charge in [-0.3, -0.25) is 9.59 Å². The molecule has 0 spiro atoms. The molecule has 2 amide bonds. The molecule has 39 heavy (non-hydrogen) atoms. The highest BCUT2D eigenvalue weighted by molar-refractivity contribution is 5.90. The van der Waals surface area contributed by atoms with Gasteiger partial charge in [0, 0.05) is 44.0 Å². The molecule has 8 heteroatoms. The number of fused-ring (bicyclic) bond motifs is 1. The number of benzene rings is 2. The fraction of sp³-hybridized carbons (Fsp3) is 0.387. The van der Waals surface area contributed by atoms with Crippen molar-refractivity contribution in [1.82, 2.24) is 19.6 Å². The van der Waals surface area contributed by atoms with Gasteiger partial charge in [0.25, 0.3) is 5.91 Å². The van der Waals surface area contributed by atoms with Crippen LogP contribution in [0.3, 0.4) is 0 Å². The second kappa shape index (κ2) is 11.5. The second-order valence-electron chi connectivity index (χ2n) is 10.9. The van der Waals surface area contributed by atoms with Gasteiger partial charge in [-0.25, -0.2) is 4.68 Å². The molecule has 8 nitrogen and oxygen atoms in total. The molecule has 204 valence electrons. The molecule has 2 aliphatic rings. The average Bonchev–Trinajstić information content (AvgIpc) is 3.52. The zero-order valence-electron chi connectivity index (χ0n) is 23.2. The van der Waals surface area contributed by atoms with Crippen LogP contribution >= 0.6 is 0 Å². The van der Waals surface area contributed by atoms with E-state index in [1.807, 2.05) is 25.9 Å². The number of nitrogens with zero attached hydrogens (tertiary/aromatic N) is 5. The zero-order valence-corrected chi connectivity index (χ0v) is 23.2. The molecule has 1 aromatic heterocycles. The molecule has 0 saturated carbocycles. The monoisotopic (exact) mass is 526 g/mol. The van der Waals surface area contributed by atoms with Gasteiger partial charge in [0.15, 0.2) is 5.69 Å². The third kappa shape index (κ3) is 6.06. The summed E-state index contributed by atoms with van der Waals surface area (Å²) in [5, 5.41) is 4.37. The highest BCUT2D eigenvalue weighted by Crippen LogP contribution is 2.32. The lowest BCUT2D eigenvalue weighted by atomic mass is 9.98. The first-order chi connectivity index (χ1) is 18.8. The lowest BCUT2D eigenvalue weighted by molar-refractivity contribution is -0.130. The molecule has 3 heterocycles. The van der Waals surface area contributed by atoms with Crippen molar-refractivity contribution in [2.75, 3.05) is 45.2 Å². The van der Waals surface area contributed by atoms with Gasteiger partial charge < -0.3 is 20.4 Å². The minimum atomic E-state index is -0.516. The van der Waals surface area contributed by atoms with Crippen molar-refractivity contribution in [1.29, 1.82) is 0 Å². The number of hydrogen-bond donors (Lipinski definition) is 1. The van der Waals surface area contributed by atoms with Crippen molar-refractivity contribution in [2.24, 2.45) is 5.73 Å². The highest BCUT2D eigenvalue weighted by atomic mass is 16.2. The van der Waals surface area contributed by atoms with Crippen LogP contribution in [0.1, 0.15) is 52.1 Å². The molecule has 0 bridgehead atoms. The van der Waals surface area contributed by atoms with Crippen LogP contribution in [-0.4, -0.2) is 71.7 Å². The molecule has 0 atom stereocenters. The second-order valence-corrected chi connectivity index (χ2v) is 10.9. The quantitative estimate of drug-likeness (QED) is 0.458. The number of hydrogen-bond acceptors (Lipinski definition) is 5. The summed E-state index contributed by atoms with van der Waals surface area (Å²) in [5.74, 6) is -0.256. The maximum absolute atomic E-state index is 12.5. The van der Waals surface area contributed by atoms with E-state index in [1.54, 1.807) is 10.7 Å². The van der Waals surface area contributed by atoms with Gasteiger partial charge in [0.2, 0.25) is 5.91 Å². The van der Waals surface area contributed by atoms with Gasteiger partial charge in [-0.15, -0.1) is 0 Å². The van der Waals surface area contributed by atoms with Gasteiger partial charge in [-0.05, 0) is 93.4 Å². The van der Waals surface area contributed by atoms with Crippen molar-refractivity contribution in [2.45, 2.75) is 39.2 Å². The fourth-order valence-corrected chi connectivity index (χ4v) is 5.52. The first-order valence-electron chi connectivity index (χ1n) is 13.7. The first-order valence-corrected chi connectivity index (χ1v) is 13.7. The van der Waals surface area contributed by atoms with Gasteiger partial charge in [0.05, 0.1) is 5.69 Å². The number of aryl methyl sites for hydroxylation is 1. The Labute approximate surface area is 230 Å². The van der Waals surface area contributed by atoms with Crippen LogP contribution < -0.4 is 10.6 Å². The van der Waals surface area contributed by atoms with E-state index in [0.717, 1.165) is 56.8 Å². The minimum Gasteiger partial charge on any atom is -0.367 e. The molecule has 0 radical (unpaired) electrons. The maximum Gasteiger partial charge on any atom is 0.269 e. The van der Waals surface area contributed by atoms with Crippen LogP contribution in [0.25, 0.3) is 11.3 Å². The number of amides is 2. The smallest absolute Gasteiger partial charge is 0.269 e. The normalized spacial score (nSPS) is 15.0. The number of primary amides is 1.